The molecule has 0 aromatic heterocycles. The second-order valence-corrected chi connectivity index (χ2v) is 17.6. The van der Waals surface area contributed by atoms with Crippen LogP contribution in [0.4, 0.5) is 26.3 Å². The number of aliphatic hydroxyl groups excluding tert-OH is 1. The number of aryl methyl sites for hydroxylation is 4. The number of cyclic esters (lactones) is 2. The molecule has 1 N–H and O–H groups in total. The van der Waals surface area contributed by atoms with Crippen molar-refractivity contribution in [3.8, 4) is 0 Å². The third kappa shape index (κ3) is 12.4. The molecule has 2 fully saturated rings. The molecule has 2 aromatic carbocycles. The van der Waals surface area contributed by atoms with E-state index in [0.29, 0.717) is 28.7 Å². The topological polar surface area (TPSA) is 127 Å². The summed E-state index contributed by atoms with van der Waals surface area (Å²) in [5.74, 6) is -8.60. The fraction of sp³-hybridized carbons (Fsp3) is 0.521. The Morgan fingerprint density at radius 1 is 0.594 bits per heavy atom. The lowest BCUT2D eigenvalue weighted by Gasteiger charge is -2.26. The van der Waals surface area contributed by atoms with E-state index in [0.717, 1.165) is 42.4 Å². The molecule has 2 aromatic rings. The van der Waals surface area contributed by atoms with E-state index in [4.69, 9.17) is 28.4 Å². The van der Waals surface area contributed by atoms with Crippen molar-refractivity contribution in [1.82, 2.24) is 0 Å². The highest BCUT2D eigenvalue weighted by molar-refractivity contribution is 5.97. The smallest absolute Gasteiger partial charge is 0.398 e. The first-order valence-corrected chi connectivity index (χ1v) is 21.0. The Hall–Kier alpha value is -4.61. The molecule has 4 aliphatic heterocycles. The lowest BCUT2D eigenvalue weighted by atomic mass is 9.96. The molecule has 0 amide bonds. The first kappa shape index (κ1) is 50.4. The Balaban J connectivity index is 0.000000241. The predicted octanol–water partition coefficient (Wildman–Crippen LogP) is 9.97. The zero-order valence-corrected chi connectivity index (χ0v) is 37.4. The quantitative estimate of drug-likeness (QED) is 0.155. The summed E-state index contributed by atoms with van der Waals surface area (Å²) in [6, 6.07) is 7.09. The van der Waals surface area contributed by atoms with Crippen LogP contribution in [0.15, 0.2) is 60.7 Å². The third-order valence-electron chi connectivity index (χ3n) is 11.1. The van der Waals surface area contributed by atoms with Gasteiger partial charge in [0.1, 0.15) is 42.4 Å². The second-order valence-electron chi connectivity index (χ2n) is 17.6. The maximum Gasteiger partial charge on any atom is 0.398 e. The Labute approximate surface area is 369 Å². The Morgan fingerprint density at radius 3 is 1.52 bits per heavy atom. The minimum absolute atomic E-state index is 0.206. The van der Waals surface area contributed by atoms with Crippen LogP contribution in [0.5, 0.6) is 0 Å². The molecule has 2 saturated heterocycles. The number of fused-ring (bicyclic) bond motifs is 4. The third-order valence-corrected chi connectivity index (χ3v) is 11.1. The van der Waals surface area contributed by atoms with Crippen molar-refractivity contribution in [2.75, 3.05) is 0 Å². The minimum Gasteiger partial charge on any atom is -0.458 e. The van der Waals surface area contributed by atoms with Crippen LogP contribution in [-0.2, 0) is 33.2 Å². The van der Waals surface area contributed by atoms with Gasteiger partial charge in [0, 0.05) is 0 Å². The summed E-state index contributed by atoms with van der Waals surface area (Å²) in [5, 5.41) is 10.6. The van der Waals surface area contributed by atoms with E-state index in [9.17, 15) is 45.8 Å². The van der Waals surface area contributed by atoms with E-state index in [1.54, 1.807) is 90.1 Å². The SMILES string of the molecule is Cc1cc(C)c2c(c1)/C=C/C[C@@H]1OC(C)(C)OC1C(=O)/C=C\C(C(F)(F)F)C(C)OC2=O.Cc1cc(C)c2c(c1)/C=C/C[C@@H]1OC(C)(C)OC1C(O)/C=C\C(C(F)(F)F)C(C)OC2=O. The summed E-state index contributed by atoms with van der Waals surface area (Å²) in [7, 11) is 0. The number of ether oxygens (including phenoxy) is 6. The maximum atomic E-state index is 13.7. The van der Waals surface area contributed by atoms with Gasteiger partial charge in [-0.05, 0) is 110 Å². The highest BCUT2D eigenvalue weighted by Gasteiger charge is 2.48. The molecule has 0 spiro atoms. The Kier molecular flexibility index (Phi) is 15.3. The van der Waals surface area contributed by atoms with Crippen LogP contribution < -0.4 is 0 Å². The molecule has 0 bridgehead atoms. The molecule has 0 radical (unpaired) electrons. The van der Waals surface area contributed by atoms with Crippen LogP contribution in [-0.4, -0.2) is 89.5 Å². The van der Waals surface area contributed by atoms with Crippen molar-refractivity contribution in [2.24, 2.45) is 11.8 Å². The average molecular weight is 907 g/mol. The fourth-order valence-corrected chi connectivity index (χ4v) is 8.37. The summed E-state index contributed by atoms with van der Waals surface area (Å²) >= 11 is 0. The molecule has 10 nitrogen and oxygen atoms in total. The van der Waals surface area contributed by atoms with Crippen LogP contribution in [0.3, 0.4) is 0 Å². The number of esters is 2. The monoisotopic (exact) mass is 906 g/mol. The predicted molar refractivity (Wildman–Crippen MR) is 225 cm³/mol. The number of hydrogen-bond acceptors (Lipinski definition) is 10. The summed E-state index contributed by atoms with van der Waals surface area (Å²) in [6.45, 7) is 16.2. The standard InChI is InChI=1S/C24H29F3O5.C24H27F3O5/c2*1-13-11-14(2)20-16(12-13)7-6-8-19-21(32-23(4,5)31-19)18(28)10-9-17(24(25,26)27)15(3)30-22(20)29/h6-7,9-12,15,17-19,21,28H,8H2,1-5H3;6-7,9-12,15,17,19,21H,8H2,1-5H3/b2*7-6+,10-9-/t15?,17?,18?,19-,21?;15?,17?,19-,21?/m00/s1. The molecule has 9 atom stereocenters. The highest BCUT2D eigenvalue weighted by Crippen LogP contribution is 2.38. The van der Waals surface area contributed by atoms with Crippen molar-refractivity contribution in [2.45, 2.75) is 149 Å². The number of rotatable bonds is 0. The van der Waals surface area contributed by atoms with Gasteiger partial charge in [0.15, 0.2) is 17.4 Å². The van der Waals surface area contributed by atoms with Gasteiger partial charge in [-0.25, -0.2) is 9.59 Å². The van der Waals surface area contributed by atoms with Gasteiger partial charge >= 0.3 is 24.3 Å². The first-order valence-electron chi connectivity index (χ1n) is 21.0. The van der Waals surface area contributed by atoms with Crippen LogP contribution in [0.1, 0.15) is 108 Å². The van der Waals surface area contributed by atoms with Crippen LogP contribution in [0, 0.1) is 39.5 Å². The lowest BCUT2D eigenvalue weighted by molar-refractivity contribution is -0.183. The van der Waals surface area contributed by atoms with Crippen molar-refractivity contribution in [3.63, 3.8) is 0 Å². The molecule has 0 aliphatic carbocycles. The molecule has 6 rings (SSSR count). The number of aliphatic hydroxyl groups is 1. The zero-order valence-electron chi connectivity index (χ0n) is 37.4. The van der Waals surface area contributed by atoms with Gasteiger partial charge in [-0.2, -0.15) is 26.3 Å². The molecule has 4 aliphatic rings. The molecule has 350 valence electrons. The number of halogens is 6. The van der Waals surface area contributed by atoms with E-state index < -0.39 is 96.2 Å². The van der Waals surface area contributed by atoms with Gasteiger partial charge in [-0.1, -0.05) is 77.9 Å². The lowest BCUT2D eigenvalue weighted by Crippen LogP contribution is -2.37. The van der Waals surface area contributed by atoms with Gasteiger partial charge in [-0.15, -0.1) is 0 Å². The van der Waals surface area contributed by atoms with Crippen molar-refractivity contribution in [1.29, 1.82) is 0 Å². The first-order chi connectivity index (χ1) is 29.6. The van der Waals surface area contributed by atoms with Crippen molar-refractivity contribution in [3.05, 3.63) is 105 Å². The van der Waals surface area contributed by atoms with Crippen molar-refractivity contribution >= 4 is 29.9 Å². The van der Waals surface area contributed by atoms with E-state index in [1.165, 1.54) is 6.92 Å². The van der Waals surface area contributed by atoms with Gasteiger partial charge < -0.3 is 33.5 Å². The minimum atomic E-state index is -4.72. The molecular formula is C48H56F6O10. The van der Waals surface area contributed by atoms with Gasteiger partial charge in [0.25, 0.3) is 0 Å². The molecule has 4 heterocycles. The average Bonchev–Trinajstić information content (AvgIpc) is 3.62. The second kappa shape index (κ2) is 19.5. The Morgan fingerprint density at radius 2 is 1.03 bits per heavy atom. The van der Waals surface area contributed by atoms with E-state index in [2.05, 4.69) is 0 Å². The number of carbonyl (C=O) groups excluding carboxylic acids is 3. The van der Waals surface area contributed by atoms with Gasteiger partial charge in [-0.3, -0.25) is 4.79 Å². The molecule has 7 unspecified atom stereocenters. The fourth-order valence-electron chi connectivity index (χ4n) is 8.37. The highest BCUT2D eigenvalue weighted by atomic mass is 19.4. The zero-order chi connectivity index (χ0) is 47.7. The van der Waals surface area contributed by atoms with Crippen LogP contribution >= 0.6 is 0 Å². The van der Waals surface area contributed by atoms with Gasteiger partial charge in [0.05, 0.1) is 23.3 Å². The summed E-state index contributed by atoms with van der Waals surface area (Å²) in [5.41, 5.74) is 4.50. The molecular weight excluding hydrogens is 851 g/mol. The molecule has 16 heteroatoms. The largest absolute Gasteiger partial charge is 0.458 e. The van der Waals surface area contributed by atoms with E-state index in [1.807, 2.05) is 13.8 Å². The van der Waals surface area contributed by atoms with E-state index >= 15 is 0 Å². The number of ketones is 1. The van der Waals surface area contributed by atoms with Crippen LogP contribution in [0.2, 0.25) is 0 Å². The van der Waals surface area contributed by atoms with Crippen molar-refractivity contribution < 1.29 is 74.3 Å². The summed E-state index contributed by atoms with van der Waals surface area (Å²) in [4.78, 5) is 38.4. The molecule has 64 heavy (non-hydrogen) atoms. The number of alkyl halides is 6. The number of benzene rings is 2. The summed E-state index contributed by atoms with van der Waals surface area (Å²) in [6.07, 6.45) is -5.86. The normalized spacial score (nSPS) is 31.8. The Bertz CT molecular complexity index is 2180. The van der Waals surface area contributed by atoms with Gasteiger partial charge in [0.2, 0.25) is 0 Å². The van der Waals surface area contributed by atoms with Crippen LogP contribution in [0.25, 0.3) is 12.2 Å². The maximum absolute atomic E-state index is 13.7. The number of carbonyl (C=O) groups is 3. The summed E-state index contributed by atoms with van der Waals surface area (Å²) < 4.78 is 116. The molecule has 0 saturated carbocycles. The number of hydrogen-bond donors (Lipinski definition) is 1. The van der Waals surface area contributed by atoms with E-state index in [-0.39, 0.29) is 17.5 Å².